The molecule has 0 atom stereocenters. The predicted molar refractivity (Wildman–Crippen MR) is 74.0 cm³/mol. The second-order valence-corrected chi connectivity index (χ2v) is 4.54. The molecule has 104 valence electrons. The lowest BCUT2D eigenvalue weighted by Crippen LogP contribution is -2.33. The van der Waals surface area contributed by atoms with Gasteiger partial charge < -0.3 is 10.6 Å². The van der Waals surface area contributed by atoms with Crippen LogP contribution in [0.1, 0.15) is 53.2 Å². The van der Waals surface area contributed by atoms with Crippen LogP contribution in [-0.4, -0.2) is 34.8 Å². The second kappa shape index (κ2) is 6.87. The average Bonchev–Trinajstić information content (AvgIpc) is 2.37. The van der Waals surface area contributed by atoms with E-state index in [9.17, 15) is 9.59 Å². The summed E-state index contributed by atoms with van der Waals surface area (Å²) in [6, 6.07) is 3.05. The molecular formula is C14H21N3O2. The van der Waals surface area contributed by atoms with Crippen LogP contribution in [0.2, 0.25) is 0 Å². The highest BCUT2D eigenvalue weighted by Gasteiger charge is 2.17. The lowest BCUT2D eigenvalue weighted by atomic mass is 10.1. The summed E-state index contributed by atoms with van der Waals surface area (Å²) in [6.45, 7) is 7.17. The highest BCUT2D eigenvalue weighted by molar-refractivity contribution is 5.98. The van der Waals surface area contributed by atoms with E-state index in [0.717, 1.165) is 12.8 Å². The van der Waals surface area contributed by atoms with Gasteiger partial charge in [-0.3, -0.25) is 9.59 Å². The first-order chi connectivity index (χ1) is 8.99. The van der Waals surface area contributed by atoms with Gasteiger partial charge in [0.15, 0.2) is 0 Å². The second-order valence-electron chi connectivity index (χ2n) is 4.54. The molecule has 1 rings (SSSR count). The number of primary amides is 1. The zero-order chi connectivity index (χ0) is 14.4. The quantitative estimate of drug-likeness (QED) is 0.849. The number of carbonyl (C=O) groups is 2. The van der Waals surface area contributed by atoms with Crippen molar-refractivity contribution in [1.29, 1.82) is 0 Å². The minimum Gasteiger partial charge on any atom is -0.366 e. The lowest BCUT2D eigenvalue weighted by molar-refractivity contribution is 0.0749. The third kappa shape index (κ3) is 4.05. The van der Waals surface area contributed by atoms with Crippen LogP contribution >= 0.6 is 0 Å². The number of aromatic nitrogens is 1. The Morgan fingerprint density at radius 1 is 1.21 bits per heavy atom. The summed E-state index contributed by atoms with van der Waals surface area (Å²) in [7, 11) is 0. The van der Waals surface area contributed by atoms with Crippen LogP contribution < -0.4 is 5.73 Å². The van der Waals surface area contributed by atoms with Crippen LogP contribution in [0.25, 0.3) is 0 Å². The number of hydrogen-bond acceptors (Lipinski definition) is 3. The van der Waals surface area contributed by atoms with E-state index in [2.05, 4.69) is 4.98 Å². The Morgan fingerprint density at radius 3 is 2.26 bits per heavy atom. The van der Waals surface area contributed by atoms with E-state index >= 15 is 0 Å². The molecule has 5 heteroatoms. The number of pyridine rings is 1. The summed E-state index contributed by atoms with van der Waals surface area (Å²) in [5, 5.41) is 0. The number of aryl methyl sites for hydroxylation is 1. The van der Waals surface area contributed by atoms with Crippen molar-refractivity contribution in [1.82, 2.24) is 9.88 Å². The molecule has 0 fully saturated rings. The van der Waals surface area contributed by atoms with E-state index in [0.29, 0.717) is 24.3 Å². The maximum atomic E-state index is 12.4. The van der Waals surface area contributed by atoms with Crippen LogP contribution in [0, 0.1) is 6.92 Å². The Bertz CT molecular complexity index is 466. The topological polar surface area (TPSA) is 76.3 Å². The molecule has 1 aromatic heterocycles. The third-order valence-corrected chi connectivity index (χ3v) is 2.73. The van der Waals surface area contributed by atoms with Crippen LogP contribution in [0.5, 0.6) is 0 Å². The molecule has 1 aromatic rings. The molecule has 2 amide bonds. The van der Waals surface area contributed by atoms with E-state index in [1.807, 2.05) is 13.8 Å². The lowest BCUT2D eigenvalue weighted by Gasteiger charge is -2.21. The molecule has 0 aliphatic rings. The molecule has 0 aliphatic carbocycles. The van der Waals surface area contributed by atoms with Crippen molar-refractivity contribution >= 4 is 11.8 Å². The largest absolute Gasteiger partial charge is 0.366 e. The molecule has 0 spiro atoms. The molecule has 19 heavy (non-hydrogen) atoms. The predicted octanol–water partition coefficient (Wildman–Crippen LogP) is 1.75. The molecule has 0 aliphatic heterocycles. The van der Waals surface area contributed by atoms with Gasteiger partial charge in [-0.05, 0) is 31.9 Å². The van der Waals surface area contributed by atoms with Crippen molar-refractivity contribution in [3.8, 4) is 0 Å². The van der Waals surface area contributed by atoms with E-state index < -0.39 is 5.91 Å². The Hall–Kier alpha value is -1.91. The van der Waals surface area contributed by atoms with E-state index in [1.54, 1.807) is 17.9 Å². The molecule has 1 heterocycles. The van der Waals surface area contributed by atoms with E-state index in [-0.39, 0.29) is 11.6 Å². The summed E-state index contributed by atoms with van der Waals surface area (Å²) >= 11 is 0. The smallest absolute Gasteiger partial charge is 0.272 e. The van der Waals surface area contributed by atoms with Crippen molar-refractivity contribution in [2.75, 3.05) is 13.1 Å². The van der Waals surface area contributed by atoms with E-state index in [4.69, 9.17) is 5.73 Å². The first-order valence-electron chi connectivity index (χ1n) is 6.57. The molecule has 0 bridgehead atoms. The summed E-state index contributed by atoms with van der Waals surface area (Å²) in [5.74, 6) is -0.688. The first-order valence-corrected chi connectivity index (χ1v) is 6.57. The molecule has 2 N–H and O–H groups in total. The van der Waals surface area contributed by atoms with Gasteiger partial charge in [-0.15, -0.1) is 0 Å². The van der Waals surface area contributed by atoms with Crippen LogP contribution in [0.3, 0.4) is 0 Å². The molecule has 0 radical (unpaired) electrons. The molecule has 0 saturated carbocycles. The number of hydrogen-bond donors (Lipinski definition) is 1. The monoisotopic (exact) mass is 263 g/mol. The van der Waals surface area contributed by atoms with Crippen LogP contribution in [0.4, 0.5) is 0 Å². The van der Waals surface area contributed by atoms with Crippen molar-refractivity contribution in [3.05, 3.63) is 29.1 Å². The number of nitrogens with zero attached hydrogens (tertiary/aromatic N) is 2. The van der Waals surface area contributed by atoms with Gasteiger partial charge in [0.2, 0.25) is 5.91 Å². The highest BCUT2D eigenvalue weighted by Crippen LogP contribution is 2.09. The van der Waals surface area contributed by atoms with Gasteiger partial charge in [-0.1, -0.05) is 13.8 Å². The number of rotatable bonds is 6. The standard InChI is InChI=1S/C14H21N3O2/c1-4-6-17(7-5-2)14(19)12-9-11(13(15)18)8-10(3)16-12/h8-9H,4-7H2,1-3H3,(H2,15,18). The minimum atomic E-state index is -0.544. The SMILES string of the molecule is CCCN(CCC)C(=O)c1cc(C(N)=O)cc(C)n1. The van der Waals surface area contributed by atoms with Crippen molar-refractivity contribution in [3.63, 3.8) is 0 Å². The highest BCUT2D eigenvalue weighted by atomic mass is 16.2. The van der Waals surface area contributed by atoms with Crippen LogP contribution in [0.15, 0.2) is 12.1 Å². The fourth-order valence-corrected chi connectivity index (χ4v) is 1.94. The van der Waals surface area contributed by atoms with Crippen molar-refractivity contribution in [2.45, 2.75) is 33.6 Å². The number of amides is 2. The van der Waals surface area contributed by atoms with Crippen molar-refractivity contribution in [2.24, 2.45) is 5.73 Å². The Morgan fingerprint density at radius 2 is 1.79 bits per heavy atom. The minimum absolute atomic E-state index is 0.144. The summed E-state index contributed by atoms with van der Waals surface area (Å²) in [6.07, 6.45) is 1.78. The molecular weight excluding hydrogens is 242 g/mol. The van der Waals surface area contributed by atoms with Crippen molar-refractivity contribution < 1.29 is 9.59 Å². The first kappa shape index (κ1) is 15.1. The maximum Gasteiger partial charge on any atom is 0.272 e. The Kier molecular flexibility index (Phi) is 5.48. The normalized spacial score (nSPS) is 10.3. The number of carbonyl (C=O) groups excluding carboxylic acids is 2. The molecule has 0 saturated heterocycles. The van der Waals surface area contributed by atoms with Gasteiger partial charge >= 0.3 is 0 Å². The van der Waals surface area contributed by atoms with E-state index in [1.165, 1.54) is 6.07 Å². The third-order valence-electron chi connectivity index (χ3n) is 2.73. The Labute approximate surface area is 113 Å². The van der Waals surface area contributed by atoms with Gasteiger partial charge in [-0.25, -0.2) is 4.98 Å². The van der Waals surface area contributed by atoms with Gasteiger partial charge in [0.1, 0.15) is 5.69 Å². The zero-order valence-corrected chi connectivity index (χ0v) is 11.8. The molecule has 0 unspecified atom stereocenters. The van der Waals surface area contributed by atoms with Gasteiger partial charge in [0.25, 0.3) is 5.91 Å². The summed E-state index contributed by atoms with van der Waals surface area (Å²) in [5.41, 5.74) is 6.48. The van der Waals surface area contributed by atoms with Gasteiger partial charge in [0.05, 0.1) is 0 Å². The average molecular weight is 263 g/mol. The summed E-state index contributed by atoms with van der Waals surface area (Å²) in [4.78, 5) is 29.5. The zero-order valence-electron chi connectivity index (χ0n) is 11.8. The maximum absolute atomic E-state index is 12.4. The van der Waals surface area contributed by atoms with Crippen LogP contribution in [-0.2, 0) is 0 Å². The fourth-order valence-electron chi connectivity index (χ4n) is 1.94. The molecule has 0 aromatic carbocycles. The summed E-state index contributed by atoms with van der Waals surface area (Å²) < 4.78 is 0. The van der Waals surface area contributed by atoms with Gasteiger partial charge in [-0.2, -0.15) is 0 Å². The Balaban J connectivity index is 3.06. The fraction of sp³-hybridized carbons (Fsp3) is 0.500. The number of nitrogens with two attached hydrogens (primary N) is 1. The van der Waals surface area contributed by atoms with Gasteiger partial charge in [0, 0.05) is 24.3 Å². The molecule has 5 nitrogen and oxygen atoms in total.